The molecule has 29 heavy (non-hydrogen) atoms. The summed E-state index contributed by atoms with van der Waals surface area (Å²) in [5.41, 5.74) is 1.43. The molecule has 7 heteroatoms. The molecule has 0 aliphatic rings. The minimum Gasteiger partial charge on any atom is -0.495 e. The molecule has 0 aromatic carbocycles. The fraction of sp³-hybridized carbons (Fsp3) is 0.636. The summed E-state index contributed by atoms with van der Waals surface area (Å²) in [5, 5.41) is 0.815. The molecule has 0 saturated carbocycles. The van der Waals surface area contributed by atoms with Gasteiger partial charge in [0, 0.05) is 43.9 Å². The van der Waals surface area contributed by atoms with Crippen LogP contribution in [0.2, 0.25) is 25.7 Å². The number of rotatable bonds is 11. The Bertz CT molecular complexity index is 817. The maximum Gasteiger partial charge on any atom is 0.179 e. The fourth-order valence-corrected chi connectivity index (χ4v) is 4.09. The Morgan fingerprint density at radius 3 is 2.41 bits per heavy atom. The highest BCUT2D eigenvalue weighted by Gasteiger charge is 2.22. The number of ketones is 1. The van der Waals surface area contributed by atoms with Crippen molar-refractivity contribution in [3.8, 4) is 5.75 Å². The molecule has 0 spiro atoms. The molecule has 0 N–H and O–H groups in total. The number of carbonyl (C=O) groups excluding carboxylic acids is 1. The molecule has 0 atom stereocenters. The predicted octanol–water partition coefficient (Wildman–Crippen LogP) is 4.66. The highest BCUT2D eigenvalue weighted by molar-refractivity contribution is 6.76. The number of ether oxygens (including phenoxy) is 2. The van der Waals surface area contributed by atoms with Gasteiger partial charge in [0.15, 0.2) is 5.78 Å². The van der Waals surface area contributed by atoms with Crippen molar-refractivity contribution in [2.45, 2.75) is 72.2 Å². The number of fused-ring (bicyclic) bond motifs is 1. The van der Waals surface area contributed by atoms with Crippen molar-refractivity contribution in [2.24, 2.45) is 0 Å². The molecule has 0 fully saturated rings. The van der Waals surface area contributed by atoms with Crippen LogP contribution < -0.4 is 4.74 Å². The average Bonchev–Trinajstić information content (AvgIpc) is 2.99. The lowest BCUT2D eigenvalue weighted by molar-refractivity contribution is 0.0857. The summed E-state index contributed by atoms with van der Waals surface area (Å²) in [5.74, 6) is 0.738. The van der Waals surface area contributed by atoms with E-state index in [9.17, 15) is 4.79 Å². The van der Waals surface area contributed by atoms with Crippen LogP contribution in [-0.4, -0.2) is 60.7 Å². The molecule has 0 aliphatic heterocycles. The van der Waals surface area contributed by atoms with Crippen LogP contribution in [0.1, 0.15) is 38.1 Å². The minimum atomic E-state index is -1.14. The van der Waals surface area contributed by atoms with Crippen LogP contribution in [0.3, 0.4) is 0 Å². The van der Waals surface area contributed by atoms with Crippen molar-refractivity contribution in [2.75, 3.05) is 20.3 Å². The van der Waals surface area contributed by atoms with Gasteiger partial charge in [-0.1, -0.05) is 19.6 Å². The summed E-state index contributed by atoms with van der Waals surface area (Å²) in [6.45, 7) is 17.0. The van der Waals surface area contributed by atoms with Gasteiger partial charge in [-0.15, -0.1) is 0 Å². The van der Waals surface area contributed by atoms with Crippen LogP contribution in [-0.2, 0) is 11.5 Å². The molecule has 0 amide bonds. The van der Waals surface area contributed by atoms with Crippen molar-refractivity contribution in [1.82, 2.24) is 14.5 Å². The molecule has 162 valence electrons. The molecule has 0 unspecified atom stereocenters. The third-order valence-corrected chi connectivity index (χ3v) is 6.81. The van der Waals surface area contributed by atoms with Gasteiger partial charge in [0.2, 0.25) is 0 Å². The SMILES string of the molecule is COc1cnc2c(c1)c(C(=O)CN(C(C)C)C(C)C)cn2COCC[Si](C)(C)C. The molecular formula is C22H37N3O3Si. The standard InChI is InChI=1S/C22H37N3O3Si/c1-16(2)25(17(3)4)14-21(26)20-13-24(15-28-9-10-29(6,7)8)22-19(20)11-18(27-5)12-23-22/h11-13,16-17H,9-10,14-15H2,1-8H3. The summed E-state index contributed by atoms with van der Waals surface area (Å²) >= 11 is 0. The minimum absolute atomic E-state index is 0.0910. The zero-order chi connectivity index (χ0) is 21.8. The van der Waals surface area contributed by atoms with Crippen LogP contribution in [0, 0.1) is 0 Å². The van der Waals surface area contributed by atoms with E-state index in [1.807, 2.05) is 16.8 Å². The molecule has 0 bridgehead atoms. The summed E-state index contributed by atoms with van der Waals surface area (Å²) < 4.78 is 13.2. The number of hydrogen-bond acceptors (Lipinski definition) is 5. The van der Waals surface area contributed by atoms with Crippen LogP contribution in [0.15, 0.2) is 18.5 Å². The maximum atomic E-state index is 13.2. The van der Waals surface area contributed by atoms with Crippen molar-refractivity contribution in [3.05, 3.63) is 24.0 Å². The third kappa shape index (κ3) is 6.39. The van der Waals surface area contributed by atoms with E-state index in [2.05, 4.69) is 57.2 Å². The summed E-state index contributed by atoms with van der Waals surface area (Å²) in [6, 6.07) is 3.59. The largest absolute Gasteiger partial charge is 0.495 e. The van der Waals surface area contributed by atoms with Crippen LogP contribution in [0.4, 0.5) is 0 Å². The normalized spacial score (nSPS) is 12.5. The molecular weight excluding hydrogens is 382 g/mol. The molecule has 2 rings (SSSR count). The quantitative estimate of drug-likeness (QED) is 0.301. The second-order valence-electron chi connectivity index (χ2n) is 9.39. The van der Waals surface area contributed by atoms with E-state index in [-0.39, 0.29) is 5.78 Å². The van der Waals surface area contributed by atoms with Crippen LogP contribution in [0.25, 0.3) is 11.0 Å². The molecule has 2 aromatic rings. The Kier molecular flexibility index (Phi) is 8.02. The monoisotopic (exact) mass is 419 g/mol. The number of aromatic nitrogens is 2. The molecule has 6 nitrogen and oxygen atoms in total. The Labute approximate surface area is 176 Å². The first kappa shape index (κ1) is 23.6. The van der Waals surface area contributed by atoms with Gasteiger partial charge in [-0.05, 0) is 39.8 Å². The summed E-state index contributed by atoms with van der Waals surface area (Å²) in [6.07, 6.45) is 3.57. The van der Waals surface area contributed by atoms with Gasteiger partial charge in [0.05, 0.1) is 19.9 Å². The molecule has 2 aromatic heterocycles. The van der Waals surface area contributed by atoms with E-state index in [1.54, 1.807) is 13.3 Å². The zero-order valence-corrected chi connectivity index (χ0v) is 20.3. The van der Waals surface area contributed by atoms with Crippen molar-refractivity contribution >= 4 is 24.9 Å². The lowest BCUT2D eigenvalue weighted by atomic mass is 10.1. The maximum absolute atomic E-state index is 13.2. The van der Waals surface area contributed by atoms with Crippen LogP contribution in [0.5, 0.6) is 5.75 Å². The van der Waals surface area contributed by atoms with Gasteiger partial charge in [0.25, 0.3) is 0 Å². The van der Waals surface area contributed by atoms with E-state index < -0.39 is 8.07 Å². The molecule has 2 heterocycles. The Hall–Kier alpha value is -1.70. The summed E-state index contributed by atoms with van der Waals surface area (Å²) in [4.78, 5) is 19.9. The first-order valence-electron chi connectivity index (χ1n) is 10.4. The Morgan fingerprint density at radius 2 is 1.86 bits per heavy atom. The first-order valence-corrected chi connectivity index (χ1v) is 14.1. The second-order valence-corrected chi connectivity index (χ2v) is 15.0. The number of hydrogen-bond donors (Lipinski definition) is 0. The topological polar surface area (TPSA) is 56.6 Å². The van der Waals surface area contributed by atoms with E-state index in [0.717, 1.165) is 23.7 Å². The van der Waals surface area contributed by atoms with Crippen molar-refractivity contribution in [1.29, 1.82) is 0 Å². The zero-order valence-electron chi connectivity index (χ0n) is 19.3. The van der Waals surface area contributed by atoms with E-state index in [0.29, 0.717) is 36.7 Å². The van der Waals surface area contributed by atoms with E-state index in [4.69, 9.17) is 9.47 Å². The van der Waals surface area contributed by atoms with Gasteiger partial charge in [-0.25, -0.2) is 4.98 Å². The molecule has 0 radical (unpaired) electrons. The van der Waals surface area contributed by atoms with Gasteiger partial charge in [-0.2, -0.15) is 0 Å². The highest BCUT2D eigenvalue weighted by atomic mass is 28.3. The summed E-state index contributed by atoms with van der Waals surface area (Å²) in [7, 11) is 0.471. The van der Waals surface area contributed by atoms with Gasteiger partial charge < -0.3 is 14.0 Å². The third-order valence-electron chi connectivity index (χ3n) is 5.10. The number of methoxy groups -OCH3 is 1. The van der Waals surface area contributed by atoms with E-state index >= 15 is 0 Å². The molecule has 0 aliphatic carbocycles. The Morgan fingerprint density at radius 1 is 1.21 bits per heavy atom. The van der Waals surface area contributed by atoms with Crippen molar-refractivity contribution in [3.63, 3.8) is 0 Å². The lowest BCUT2D eigenvalue weighted by Gasteiger charge is -2.29. The fourth-order valence-electron chi connectivity index (χ4n) is 3.34. The Balaban J connectivity index is 2.29. The van der Waals surface area contributed by atoms with Gasteiger partial charge >= 0.3 is 0 Å². The first-order chi connectivity index (χ1) is 13.5. The second kappa shape index (κ2) is 9.87. The van der Waals surface area contributed by atoms with Gasteiger partial charge in [0.1, 0.15) is 18.1 Å². The average molecular weight is 420 g/mol. The lowest BCUT2D eigenvalue weighted by Crippen LogP contribution is -2.40. The predicted molar refractivity (Wildman–Crippen MR) is 122 cm³/mol. The number of pyridine rings is 1. The number of nitrogens with zero attached hydrogens (tertiary/aromatic N) is 3. The van der Waals surface area contributed by atoms with Crippen molar-refractivity contribution < 1.29 is 14.3 Å². The van der Waals surface area contributed by atoms with E-state index in [1.165, 1.54) is 0 Å². The molecule has 0 saturated heterocycles. The number of Topliss-reactive ketones (excluding diaryl/α,β-unsaturated/α-hetero) is 1. The van der Waals surface area contributed by atoms with Gasteiger partial charge in [-0.3, -0.25) is 9.69 Å². The highest BCUT2D eigenvalue weighted by Crippen LogP contribution is 2.25. The number of carbonyl (C=O) groups is 1. The van der Waals surface area contributed by atoms with Crippen LogP contribution >= 0.6 is 0 Å². The smallest absolute Gasteiger partial charge is 0.179 e.